The molecule has 2 N–H and O–H groups in total. The first-order valence-corrected chi connectivity index (χ1v) is 13.3. The predicted molar refractivity (Wildman–Crippen MR) is 129 cm³/mol. The SMILES string of the molecule is CCc1ccc(C(=O)C[C@](CC(C)(C)S(N)=O)(c2ccc(OCCCC(F)(F)F)cc2F)C(F)(F)F)s1. The molecule has 1 aromatic heterocycles. The van der Waals surface area contributed by atoms with Gasteiger partial charge in [-0.3, -0.25) is 9.93 Å². The third-order valence-corrected chi connectivity index (χ3v) is 8.40. The van der Waals surface area contributed by atoms with Gasteiger partial charge in [0, 0.05) is 29.3 Å². The molecule has 0 aliphatic rings. The van der Waals surface area contributed by atoms with Crippen molar-refractivity contribution in [2.45, 2.75) is 75.4 Å². The Morgan fingerprint density at radius 3 is 2.22 bits per heavy atom. The van der Waals surface area contributed by atoms with Crippen LogP contribution >= 0.6 is 11.3 Å². The summed E-state index contributed by atoms with van der Waals surface area (Å²) >= 11 is 1.04. The molecule has 2 rings (SSSR count). The monoisotopic (exact) mass is 575 g/mol. The first-order chi connectivity index (χ1) is 16.9. The van der Waals surface area contributed by atoms with Crippen molar-refractivity contribution in [2.75, 3.05) is 6.61 Å². The van der Waals surface area contributed by atoms with Crippen LogP contribution in [0.3, 0.4) is 0 Å². The maximum atomic E-state index is 15.3. The minimum Gasteiger partial charge on any atom is -0.493 e. The van der Waals surface area contributed by atoms with Crippen LogP contribution < -0.4 is 9.88 Å². The lowest BCUT2D eigenvalue weighted by atomic mass is 9.69. The summed E-state index contributed by atoms with van der Waals surface area (Å²) in [5, 5.41) is 5.45. The first kappa shape index (κ1) is 31.2. The maximum Gasteiger partial charge on any atom is 0.399 e. The van der Waals surface area contributed by atoms with E-state index in [0.29, 0.717) is 12.5 Å². The van der Waals surface area contributed by atoms with Gasteiger partial charge in [-0.2, -0.15) is 26.3 Å². The molecule has 0 bridgehead atoms. The van der Waals surface area contributed by atoms with E-state index < -0.39 is 83.0 Å². The Morgan fingerprint density at radius 1 is 1.08 bits per heavy atom. The van der Waals surface area contributed by atoms with E-state index in [2.05, 4.69) is 0 Å². The van der Waals surface area contributed by atoms with Crippen LogP contribution in [0.2, 0.25) is 0 Å². The summed E-state index contributed by atoms with van der Waals surface area (Å²) in [7, 11) is -2.26. The van der Waals surface area contributed by atoms with E-state index in [1.165, 1.54) is 19.9 Å². The van der Waals surface area contributed by atoms with E-state index in [9.17, 15) is 35.3 Å². The number of alkyl halides is 6. The average molecular weight is 576 g/mol. The molecule has 2 atom stereocenters. The van der Waals surface area contributed by atoms with Crippen molar-refractivity contribution < 1.29 is 44.5 Å². The number of hydrogen-bond acceptors (Lipinski definition) is 4. The van der Waals surface area contributed by atoms with Crippen molar-refractivity contribution in [1.82, 2.24) is 0 Å². The number of ketones is 1. The Hall–Kier alpha value is -1.99. The summed E-state index contributed by atoms with van der Waals surface area (Å²) in [6.07, 6.45) is -12.7. The van der Waals surface area contributed by atoms with Gasteiger partial charge in [-0.1, -0.05) is 13.0 Å². The topological polar surface area (TPSA) is 69.4 Å². The van der Waals surface area contributed by atoms with Crippen molar-refractivity contribution in [3.8, 4) is 5.75 Å². The van der Waals surface area contributed by atoms with Gasteiger partial charge in [0.25, 0.3) is 0 Å². The van der Waals surface area contributed by atoms with Crippen LogP contribution in [0.15, 0.2) is 30.3 Å². The van der Waals surface area contributed by atoms with Gasteiger partial charge in [0.15, 0.2) is 5.78 Å². The van der Waals surface area contributed by atoms with Crippen molar-refractivity contribution >= 4 is 28.1 Å². The third-order valence-electron chi connectivity index (χ3n) is 5.89. The number of nitrogens with two attached hydrogens (primary N) is 1. The molecular formula is C24H28F7NO3S2. The van der Waals surface area contributed by atoms with Crippen LogP contribution in [-0.4, -0.2) is 33.7 Å². The second kappa shape index (κ2) is 11.8. The fraction of sp³-hybridized carbons (Fsp3) is 0.542. The minimum atomic E-state index is -5.17. The number of carbonyl (C=O) groups is 1. The molecule has 0 radical (unpaired) electrons. The zero-order chi connectivity index (χ0) is 28.2. The number of thiophene rings is 1. The molecule has 1 aromatic carbocycles. The van der Waals surface area contributed by atoms with Gasteiger partial charge in [-0.15, -0.1) is 11.3 Å². The molecule has 1 unspecified atom stereocenters. The highest BCUT2D eigenvalue weighted by atomic mass is 32.2. The smallest absolute Gasteiger partial charge is 0.399 e. The lowest BCUT2D eigenvalue weighted by molar-refractivity contribution is -0.194. The van der Waals surface area contributed by atoms with Crippen molar-refractivity contribution in [1.29, 1.82) is 0 Å². The molecule has 0 saturated carbocycles. The molecule has 0 aliphatic carbocycles. The molecular weight excluding hydrogens is 547 g/mol. The fourth-order valence-corrected chi connectivity index (χ4v) is 5.19. The Kier molecular flexibility index (Phi) is 9.97. The summed E-state index contributed by atoms with van der Waals surface area (Å²) < 4.78 is 112. The number of carbonyl (C=O) groups excluding carboxylic acids is 1. The molecule has 1 heterocycles. The summed E-state index contributed by atoms with van der Waals surface area (Å²) in [4.78, 5) is 13.9. The standard InChI is InChI=1S/C24H28F7NO3S2/c1-4-16-7-9-20(36-16)19(33)13-22(24(29,30)31,14-21(2,3)37(32)34)17-8-6-15(12-18(17)25)35-11-5-10-23(26,27)28/h6-9,12H,4-5,10-11,13-14,32H2,1-3H3/t22-,37?/m0/s1. The van der Waals surface area contributed by atoms with Crippen LogP contribution in [0, 0.1) is 5.82 Å². The van der Waals surface area contributed by atoms with E-state index in [1.54, 1.807) is 6.07 Å². The van der Waals surface area contributed by atoms with Crippen molar-refractivity contribution in [3.05, 3.63) is 51.5 Å². The number of benzene rings is 1. The number of hydrogen-bond donors (Lipinski definition) is 1. The van der Waals surface area contributed by atoms with Crippen LogP contribution in [0.5, 0.6) is 5.75 Å². The number of halogens is 7. The van der Waals surface area contributed by atoms with Crippen LogP contribution in [0.25, 0.3) is 0 Å². The van der Waals surface area contributed by atoms with E-state index >= 15 is 4.39 Å². The molecule has 0 aliphatic heterocycles. The van der Waals surface area contributed by atoms with Crippen LogP contribution in [0.4, 0.5) is 30.7 Å². The quantitative estimate of drug-likeness (QED) is 0.168. The molecule has 0 fully saturated rings. The zero-order valence-corrected chi connectivity index (χ0v) is 22.0. The van der Waals surface area contributed by atoms with Gasteiger partial charge in [0.1, 0.15) is 17.0 Å². The normalized spacial score (nSPS) is 15.3. The Morgan fingerprint density at radius 2 is 1.73 bits per heavy atom. The largest absolute Gasteiger partial charge is 0.493 e. The van der Waals surface area contributed by atoms with E-state index in [-0.39, 0.29) is 10.6 Å². The number of ether oxygens (including phenoxy) is 1. The van der Waals surface area contributed by atoms with Crippen LogP contribution in [-0.2, 0) is 22.8 Å². The molecule has 4 nitrogen and oxygen atoms in total. The molecule has 208 valence electrons. The number of rotatable bonds is 12. The maximum absolute atomic E-state index is 15.3. The highest BCUT2D eigenvalue weighted by Crippen LogP contribution is 2.51. The second-order valence-electron chi connectivity index (χ2n) is 9.24. The highest BCUT2D eigenvalue weighted by Gasteiger charge is 2.60. The number of Topliss-reactive ketones (excluding diaryl/α,β-unsaturated/α-hetero) is 1. The molecule has 0 spiro atoms. The van der Waals surface area contributed by atoms with Gasteiger partial charge < -0.3 is 4.74 Å². The van der Waals surface area contributed by atoms with Gasteiger partial charge in [-0.25, -0.2) is 8.60 Å². The third kappa shape index (κ3) is 8.00. The minimum absolute atomic E-state index is 0.0715. The Bertz CT molecular complexity index is 1110. The summed E-state index contributed by atoms with van der Waals surface area (Å²) in [5.41, 5.74) is -3.97. The van der Waals surface area contributed by atoms with Gasteiger partial charge in [0.2, 0.25) is 0 Å². The van der Waals surface area contributed by atoms with Crippen molar-refractivity contribution in [2.24, 2.45) is 5.14 Å². The van der Waals surface area contributed by atoms with E-state index in [0.717, 1.165) is 28.3 Å². The molecule has 2 aromatic rings. The van der Waals surface area contributed by atoms with E-state index in [1.807, 2.05) is 6.92 Å². The first-order valence-electron chi connectivity index (χ1n) is 11.3. The summed E-state index contributed by atoms with van der Waals surface area (Å²) in [6, 6.07) is 5.48. The Labute approximate surface area is 217 Å². The molecule has 37 heavy (non-hydrogen) atoms. The van der Waals surface area contributed by atoms with Crippen molar-refractivity contribution in [3.63, 3.8) is 0 Å². The van der Waals surface area contributed by atoms with Gasteiger partial charge >= 0.3 is 12.4 Å². The molecule has 0 saturated heterocycles. The lowest BCUT2D eigenvalue weighted by Gasteiger charge is -2.40. The predicted octanol–water partition coefficient (Wildman–Crippen LogP) is 7.04. The van der Waals surface area contributed by atoms with E-state index in [4.69, 9.17) is 9.88 Å². The fourth-order valence-electron chi connectivity index (χ4n) is 3.92. The lowest BCUT2D eigenvalue weighted by Crippen LogP contribution is -2.51. The van der Waals surface area contributed by atoms with Gasteiger partial charge in [-0.05, 0) is 51.3 Å². The van der Waals surface area contributed by atoms with Gasteiger partial charge in [0.05, 0.1) is 27.2 Å². The highest BCUT2D eigenvalue weighted by molar-refractivity contribution is 7.84. The number of aryl methyl sites for hydroxylation is 1. The zero-order valence-electron chi connectivity index (χ0n) is 20.4. The van der Waals surface area contributed by atoms with Crippen LogP contribution in [0.1, 0.15) is 66.6 Å². The average Bonchev–Trinajstić information content (AvgIpc) is 3.24. The molecule has 13 heteroatoms. The second-order valence-corrected chi connectivity index (χ2v) is 12.1. The summed E-state index contributed by atoms with van der Waals surface area (Å²) in [5.74, 6) is -2.50. The Balaban J connectivity index is 2.52. The molecule has 0 amide bonds. The summed E-state index contributed by atoms with van der Waals surface area (Å²) in [6.45, 7) is 3.84.